The van der Waals surface area contributed by atoms with Crippen LogP contribution in [0.5, 0.6) is 5.75 Å². The number of nitrogens with one attached hydrogen (secondary N) is 1. The smallest absolute Gasteiger partial charge is 0.230 e. The van der Waals surface area contributed by atoms with Crippen LogP contribution >= 0.6 is 11.8 Å². The number of thioether (sulfide) groups is 1. The monoisotopic (exact) mass is 480 g/mol. The molecule has 7 nitrogen and oxygen atoms in total. The number of hydrogen-bond donors (Lipinski definition) is 1. The van der Waals surface area contributed by atoms with Gasteiger partial charge in [0, 0.05) is 30.9 Å². The predicted octanol–water partition coefficient (Wildman–Crippen LogP) is 4.36. The first-order valence-corrected chi connectivity index (χ1v) is 12.6. The van der Waals surface area contributed by atoms with Crippen molar-refractivity contribution >= 4 is 17.7 Å². The van der Waals surface area contributed by atoms with Crippen molar-refractivity contribution in [2.24, 2.45) is 0 Å². The zero-order chi connectivity index (χ0) is 24.0. The average Bonchev–Trinajstić information content (AvgIpc) is 3.35. The van der Waals surface area contributed by atoms with Gasteiger partial charge in [0.2, 0.25) is 5.91 Å². The molecule has 0 unspecified atom stereocenters. The molecule has 0 spiro atoms. The number of ether oxygens (including phenoxy) is 2. The van der Waals surface area contributed by atoms with E-state index in [4.69, 9.17) is 9.47 Å². The first kappa shape index (κ1) is 24.3. The normalized spacial score (nSPS) is 15.3. The number of hydrogen-bond acceptors (Lipinski definition) is 6. The summed E-state index contributed by atoms with van der Waals surface area (Å²) in [5, 5.41) is 12.1. The molecule has 1 aliphatic heterocycles. The molecule has 8 heteroatoms. The Labute approximate surface area is 205 Å². The minimum atomic E-state index is -0.136. The van der Waals surface area contributed by atoms with Gasteiger partial charge in [0.1, 0.15) is 12.1 Å². The van der Waals surface area contributed by atoms with Gasteiger partial charge in [-0.1, -0.05) is 49.9 Å². The zero-order valence-electron chi connectivity index (χ0n) is 20.0. The number of rotatable bonds is 9. The molecule has 1 saturated heterocycles. The lowest BCUT2D eigenvalue weighted by Crippen LogP contribution is -2.45. The Balaban J connectivity index is 1.38. The molecule has 0 radical (unpaired) electrons. The molecule has 180 valence electrons. The van der Waals surface area contributed by atoms with Gasteiger partial charge in [0.25, 0.3) is 0 Å². The SMILES string of the molecule is COc1ccc(C2(CNC(=O)CSc3nncn3-c3ccc(C(C)C)cc3)CCOCC2)cc1. The highest BCUT2D eigenvalue weighted by Crippen LogP contribution is 2.35. The first-order valence-electron chi connectivity index (χ1n) is 11.6. The minimum absolute atomic E-state index is 0.0194. The van der Waals surface area contributed by atoms with E-state index in [9.17, 15) is 4.79 Å². The van der Waals surface area contributed by atoms with Gasteiger partial charge in [-0.3, -0.25) is 9.36 Å². The Kier molecular flexibility index (Phi) is 7.90. The van der Waals surface area contributed by atoms with Crippen LogP contribution in [0.2, 0.25) is 0 Å². The van der Waals surface area contributed by atoms with Crippen molar-refractivity contribution in [1.29, 1.82) is 0 Å². The van der Waals surface area contributed by atoms with E-state index in [1.807, 2.05) is 16.7 Å². The molecule has 0 aliphatic carbocycles. The van der Waals surface area contributed by atoms with Gasteiger partial charge in [0.15, 0.2) is 5.16 Å². The van der Waals surface area contributed by atoms with Crippen LogP contribution in [0, 0.1) is 0 Å². The third kappa shape index (κ3) is 5.62. The molecule has 1 aliphatic rings. The Bertz CT molecular complexity index is 1070. The number of benzene rings is 2. The van der Waals surface area contributed by atoms with E-state index in [0.29, 0.717) is 30.8 Å². The van der Waals surface area contributed by atoms with Gasteiger partial charge < -0.3 is 14.8 Å². The van der Waals surface area contributed by atoms with E-state index in [1.165, 1.54) is 22.9 Å². The van der Waals surface area contributed by atoms with E-state index in [2.05, 4.69) is 65.8 Å². The van der Waals surface area contributed by atoms with Crippen molar-refractivity contribution in [3.63, 3.8) is 0 Å². The van der Waals surface area contributed by atoms with E-state index < -0.39 is 0 Å². The van der Waals surface area contributed by atoms with Gasteiger partial charge in [-0.2, -0.15) is 0 Å². The molecule has 0 atom stereocenters. The summed E-state index contributed by atoms with van der Waals surface area (Å²) < 4.78 is 12.8. The second-order valence-electron chi connectivity index (χ2n) is 8.92. The van der Waals surface area contributed by atoms with Crippen LogP contribution in [0.1, 0.15) is 43.7 Å². The largest absolute Gasteiger partial charge is 0.497 e. The molecule has 34 heavy (non-hydrogen) atoms. The summed E-state index contributed by atoms with van der Waals surface area (Å²) in [6.45, 7) is 6.30. The van der Waals surface area contributed by atoms with Crippen LogP contribution in [0.3, 0.4) is 0 Å². The van der Waals surface area contributed by atoms with Crippen molar-refractivity contribution < 1.29 is 14.3 Å². The Morgan fingerprint density at radius 1 is 1.15 bits per heavy atom. The maximum Gasteiger partial charge on any atom is 0.230 e. The molecule has 1 amide bonds. The van der Waals surface area contributed by atoms with E-state index in [1.54, 1.807) is 13.4 Å². The van der Waals surface area contributed by atoms with Crippen LogP contribution in [0.25, 0.3) is 5.69 Å². The fraction of sp³-hybridized carbons (Fsp3) is 0.423. The summed E-state index contributed by atoms with van der Waals surface area (Å²) in [6, 6.07) is 16.5. The van der Waals surface area contributed by atoms with Gasteiger partial charge in [-0.05, 0) is 54.2 Å². The molecular weight excluding hydrogens is 448 g/mol. The highest BCUT2D eigenvalue weighted by molar-refractivity contribution is 7.99. The van der Waals surface area contributed by atoms with Crippen molar-refractivity contribution in [3.8, 4) is 11.4 Å². The zero-order valence-corrected chi connectivity index (χ0v) is 20.8. The molecular formula is C26H32N4O3S. The molecule has 1 fully saturated rings. The summed E-state index contributed by atoms with van der Waals surface area (Å²) in [4.78, 5) is 12.8. The molecule has 2 heterocycles. The van der Waals surface area contributed by atoms with Crippen molar-refractivity contribution in [1.82, 2.24) is 20.1 Å². The van der Waals surface area contributed by atoms with Gasteiger partial charge in [-0.15, -0.1) is 10.2 Å². The topological polar surface area (TPSA) is 78.3 Å². The first-order chi connectivity index (χ1) is 16.5. The van der Waals surface area contributed by atoms with Crippen molar-refractivity contribution in [2.75, 3.05) is 32.6 Å². The van der Waals surface area contributed by atoms with Gasteiger partial charge in [-0.25, -0.2) is 0 Å². The van der Waals surface area contributed by atoms with E-state index in [-0.39, 0.29) is 17.1 Å². The van der Waals surface area contributed by atoms with Crippen molar-refractivity contribution in [3.05, 3.63) is 66.0 Å². The Morgan fingerprint density at radius 3 is 2.50 bits per heavy atom. The molecule has 4 rings (SSSR count). The maximum atomic E-state index is 12.8. The second kappa shape index (κ2) is 11.1. The molecule has 3 aromatic rings. The molecule has 1 aromatic heterocycles. The summed E-state index contributed by atoms with van der Waals surface area (Å²) in [5.41, 5.74) is 3.33. The van der Waals surface area contributed by atoms with Crippen LogP contribution in [0.4, 0.5) is 0 Å². The number of amides is 1. The lowest BCUT2D eigenvalue weighted by atomic mass is 9.74. The highest BCUT2D eigenvalue weighted by atomic mass is 32.2. The van der Waals surface area contributed by atoms with E-state index in [0.717, 1.165) is 24.3 Å². The van der Waals surface area contributed by atoms with Gasteiger partial charge >= 0.3 is 0 Å². The lowest BCUT2D eigenvalue weighted by molar-refractivity contribution is -0.119. The third-order valence-corrected chi connectivity index (χ3v) is 7.41. The molecule has 2 aromatic carbocycles. The second-order valence-corrected chi connectivity index (χ2v) is 9.86. The highest BCUT2D eigenvalue weighted by Gasteiger charge is 2.35. The van der Waals surface area contributed by atoms with Crippen LogP contribution in [-0.2, 0) is 14.9 Å². The Morgan fingerprint density at radius 2 is 1.85 bits per heavy atom. The number of carbonyl (C=O) groups is 1. The third-order valence-electron chi connectivity index (χ3n) is 6.46. The predicted molar refractivity (Wildman–Crippen MR) is 134 cm³/mol. The maximum absolute atomic E-state index is 12.8. The van der Waals surface area contributed by atoms with Crippen LogP contribution in [0.15, 0.2) is 60.0 Å². The Hall–Kier alpha value is -2.84. The summed E-state index contributed by atoms with van der Waals surface area (Å²) in [5.74, 6) is 1.56. The number of methoxy groups -OCH3 is 1. The molecule has 0 saturated carbocycles. The number of nitrogens with zero attached hydrogens (tertiary/aromatic N) is 3. The fourth-order valence-electron chi connectivity index (χ4n) is 4.24. The van der Waals surface area contributed by atoms with Crippen LogP contribution in [-0.4, -0.2) is 53.3 Å². The standard InChI is InChI=1S/C26H32N4O3S/c1-19(2)20-4-8-22(9-5-20)30-18-28-29-25(30)34-16-24(31)27-17-26(12-14-33-15-13-26)21-6-10-23(32-3)11-7-21/h4-11,18-19H,12-17H2,1-3H3,(H,27,31). The fourth-order valence-corrected chi connectivity index (χ4v) is 5.00. The number of aromatic nitrogens is 3. The summed E-state index contributed by atoms with van der Waals surface area (Å²) in [6.07, 6.45) is 3.42. The van der Waals surface area contributed by atoms with E-state index >= 15 is 0 Å². The number of carbonyl (C=O) groups excluding carboxylic acids is 1. The van der Waals surface area contributed by atoms with Crippen LogP contribution < -0.4 is 10.1 Å². The quantitative estimate of drug-likeness (QED) is 0.459. The molecule has 1 N–H and O–H groups in total. The van der Waals surface area contributed by atoms with Gasteiger partial charge in [0.05, 0.1) is 12.9 Å². The average molecular weight is 481 g/mol. The summed E-state index contributed by atoms with van der Waals surface area (Å²) in [7, 11) is 1.67. The summed E-state index contributed by atoms with van der Waals surface area (Å²) >= 11 is 1.39. The molecule has 0 bridgehead atoms. The van der Waals surface area contributed by atoms with Crippen molar-refractivity contribution in [2.45, 2.75) is 43.2 Å². The lowest BCUT2D eigenvalue weighted by Gasteiger charge is -2.38. The minimum Gasteiger partial charge on any atom is -0.497 e.